The maximum absolute atomic E-state index is 3.60. The molecule has 1 nitrogen and oxygen atoms in total. The van der Waals surface area contributed by atoms with Crippen molar-refractivity contribution in [2.24, 2.45) is 23.2 Å². The summed E-state index contributed by atoms with van der Waals surface area (Å²) in [6, 6.07) is 0. The van der Waals surface area contributed by atoms with E-state index in [-0.39, 0.29) is 0 Å². The normalized spacial score (nSPS) is 36.4. The van der Waals surface area contributed by atoms with E-state index in [1.807, 2.05) is 0 Å². The Morgan fingerprint density at radius 3 is 2.64 bits per heavy atom. The topological polar surface area (TPSA) is 12.0 Å². The summed E-state index contributed by atoms with van der Waals surface area (Å²) in [6.07, 6.45) is 6.03. The molecule has 82 valence electrons. The number of hydrogen-bond acceptors (Lipinski definition) is 1. The molecule has 0 amide bonds. The molecule has 0 radical (unpaired) electrons. The van der Waals surface area contributed by atoms with E-state index in [1.54, 1.807) is 0 Å². The zero-order valence-corrected chi connectivity index (χ0v) is 9.97. The van der Waals surface area contributed by atoms with E-state index in [0.29, 0.717) is 0 Å². The van der Waals surface area contributed by atoms with Crippen LogP contribution in [0.3, 0.4) is 0 Å². The van der Waals surface area contributed by atoms with E-state index < -0.39 is 0 Å². The maximum atomic E-state index is 3.60. The highest BCUT2D eigenvalue weighted by atomic mass is 14.9. The fraction of sp³-hybridized carbons (Fsp3) is 1.00. The molecule has 0 aliphatic heterocycles. The molecule has 2 unspecified atom stereocenters. The Morgan fingerprint density at radius 2 is 2.07 bits per heavy atom. The predicted molar refractivity (Wildman–Crippen MR) is 61.3 cm³/mol. The highest BCUT2D eigenvalue weighted by Crippen LogP contribution is 2.59. The van der Waals surface area contributed by atoms with Crippen molar-refractivity contribution in [3.05, 3.63) is 0 Å². The van der Waals surface area contributed by atoms with Crippen molar-refractivity contribution in [1.29, 1.82) is 0 Å². The second-order valence-corrected chi connectivity index (χ2v) is 6.25. The van der Waals surface area contributed by atoms with Crippen LogP contribution in [0.2, 0.25) is 0 Å². The molecule has 0 aromatic rings. The molecule has 1 N–H and O–H groups in total. The summed E-state index contributed by atoms with van der Waals surface area (Å²) in [5.74, 6) is 2.89. The highest BCUT2D eigenvalue weighted by molar-refractivity contribution is 5.02. The van der Waals surface area contributed by atoms with E-state index in [0.717, 1.165) is 23.2 Å². The third-order valence-corrected chi connectivity index (χ3v) is 3.93. The van der Waals surface area contributed by atoms with Crippen molar-refractivity contribution in [1.82, 2.24) is 5.32 Å². The lowest BCUT2D eigenvalue weighted by atomic mass is 9.98. The van der Waals surface area contributed by atoms with Crippen LogP contribution in [-0.4, -0.2) is 13.1 Å². The van der Waals surface area contributed by atoms with Gasteiger partial charge in [-0.3, -0.25) is 0 Å². The van der Waals surface area contributed by atoms with Crippen molar-refractivity contribution >= 4 is 0 Å². The zero-order valence-electron chi connectivity index (χ0n) is 9.97. The highest BCUT2D eigenvalue weighted by Gasteiger charge is 2.51. The molecule has 0 spiro atoms. The van der Waals surface area contributed by atoms with Crippen molar-refractivity contribution in [3.8, 4) is 0 Å². The minimum absolute atomic E-state index is 0.727. The Bertz CT molecular complexity index is 195. The van der Waals surface area contributed by atoms with Gasteiger partial charge < -0.3 is 5.32 Å². The minimum atomic E-state index is 0.727. The average molecular weight is 195 g/mol. The molecule has 0 saturated heterocycles. The van der Waals surface area contributed by atoms with Gasteiger partial charge in [-0.2, -0.15) is 0 Å². The molecule has 2 rings (SSSR count). The lowest BCUT2D eigenvalue weighted by molar-refractivity contribution is 0.413. The molecular weight excluding hydrogens is 170 g/mol. The van der Waals surface area contributed by atoms with Crippen molar-refractivity contribution in [2.75, 3.05) is 13.1 Å². The summed E-state index contributed by atoms with van der Waals surface area (Å²) in [6.45, 7) is 9.51. The molecule has 14 heavy (non-hydrogen) atoms. The van der Waals surface area contributed by atoms with Gasteiger partial charge in [-0.15, -0.1) is 0 Å². The molecule has 0 heterocycles. The van der Waals surface area contributed by atoms with Crippen LogP contribution in [-0.2, 0) is 0 Å². The molecule has 0 bridgehead atoms. The summed E-state index contributed by atoms with van der Waals surface area (Å²) in [5, 5.41) is 3.60. The summed E-state index contributed by atoms with van der Waals surface area (Å²) in [4.78, 5) is 0. The number of nitrogens with one attached hydrogen (secondary N) is 1. The molecule has 2 atom stereocenters. The molecular formula is C13H25N. The maximum Gasteiger partial charge on any atom is -0.00150 e. The fourth-order valence-electron chi connectivity index (χ4n) is 2.60. The monoisotopic (exact) mass is 195 g/mol. The fourth-order valence-corrected chi connectivity index (χ4v) is 2.60. The first kappa shape index (κ1) is 10.5. The van der Waals surface area contributed by atoms with Gasteiger partial charge in [0.05, 0.1) is 0 Å². The molecule has 0 aromatic heterocycles. The zero-order chi connectivity index (χ0) is 10.2. The molecule has 2 saturated carbocycles. The number of hydrogen-bond donors (Lipinski definition) is 1. The Kier molecular flexibility index (Phi) is 2.88. The van der Waals surface area contributed by atoms with Crippen LogP contribution in [0.25, 0.3) is 0 Å². The second kappa shape index (κ2) is 3.84. The Morgan fingerprint density at radius 1 is 1.36 bits per heavy atom. The molecule has 2 aliphatic rings. The van der Waals surface area contributed by atoms with Gasteiger partial charge in [-0.25, -0.2) is 0 Å². The van der Waals surface area contributed by atoms with Gasteiger partial charge in [-0.05, 0) is 49.1 Å². The first-order valence-corrected chi connectivity index (χ1v) is 6.31. The molecule has 0 aromatic carbocycles. The van der Waals surface area contributed by atoms with Gasteiger partial charge in [0.1, 0.15) is 0 Å². The van der Waals surface area contributed by atoms with Crippen LogP contribution < -0.4 is 5.32 Å². The lowest BCUT2D eigenvalue weighted by Crippen LogP contribution is -2.23. The summed E-state index contributed by atoms with van der Waals surface area (Å²) < 4.78 is 0. The largest absolute Gasteiger partial charge is 0.316 e. The average Bonchev–Trinajstić information content (AvgIpc) is 2.94. The standard InChI is InChI=1S/C13H25N/c1-10(2)8-14-9-12-7-13(12,3)6-11-4-5-11/h10-12,14H,4-9H2,1-3H3. The smallest absolute Gasteiger partial charge is 0.00150 e. The molecule has 2 aliphatic carbocycles. The van der Waals surface area contributed by atoms with E-state index in [2.05, 4.69) is 26.1 Å². The summed E-state index contributed by atoms with van der Waals surface area (Å²) >= 11 is 0. The number of rotatable bonds is 6. The van der Waals surface area contributed by atoms with E-state index in [9.17, 15) is 0 Å². The molecule has 2 fully saturated rings. The van der Waals surface area contributed by atoms with Crippen LogP contribution >= 0.6 is 0 Å². The van der Waals surface area contributed by atoms with Crippen LogP contribution in [0, 0.1) is 23.2 Å². The van der Waals surface area contributed by atoms with Crippen molar-refractivity contribution < 1.29 is 0 Å². The van der Waals surface area contributed by atoms with Gasteiger partial charge in [-0.1, -0.05) is 33.6 Å². The third kappa shape index (κ3) is 2.73. The minimum Gasteiger partial charge on any atom is -0.316 e. The summed E-state index contributed by atoms with van der Waals surface area (Å²) in [5.41, 5.74) is 0.727. The Hall–Kier alpha value is -0.0400. The van der Waals surface area contributed by atoms with E-state index in [4.69, 9.17) is 0 Å². The Balaban J connectivity index is 1.59. The van der Waals surface area contributed by atoms with E-state index >= 15 is 0 Å². The van der Waals surface area contributed by atoms with Gasteiger partial charge in [0.2, 0.25) is 0 Å². The van der Waals surface area contributed by atoms with Crippen molar-refractivity contribution in [2.45, 2.75) is 46.5 Å². The van der Waals surface area contributed by atoms with Gasteiger partial charge >= 0.3 is 0 Å². The lowest BCUT2D eigenvalue weighted by Gasteiger charge is -2.11. The van der Waals surface area contributed by atoms with Crippen LogP contribution in [0.15, 0.2) is 0 Å². The van der Waals surface area contributed by atoms with Crippen LogP contribution in [0.1, 0.15) is 46.5 Å². The van der Waals surface area contributed by atoms with Crippen LogP contribution in [0.5, 0.6) is 0 Å². The van der Waals surface area contributed by atoms with Crippen LogP contribution in [0.4, 0.5) is 0 Å². The van der Waals surface area contributed by atoms with Crippen molar-refractivity contribution in [3.63, 3.8) is 0 Å². The first-order valence-electron chi connectivity index (χ1n) is 6.31. The molecule has 1 heteroatoms. The quantitative estimate of drug-likeness (QED) is 0.687. The van der Waals surface area contributed by atoms with E-state index in [1.165, 1.54) is 38.8 Å². The third-order valence-electron chi connectivity index (χ3n) is 3.93. The second-order valence-electron chi connectivity index (χ2n) is 6.25. The SMILES string of the molecule is CC(C)CNCC1CC1(C)CC1CC1. The summed E-state index contributed by atoms with van der Waals surface area (Å²) in [7, 11) is 0. The predicted octanol–water partition coefficient (Wildman–Crippen LogP) is 3.06. The van der Waals surface area contributed by atoms with Gasteiger partial charge in [0.25, 0.3) is 0 Å². The van der Waals surface area contributed by atoms with Gasteiger partial charge in [0, 0.05) is 0 Å². The van der Waals surface area contributed by atoms with Gasteiger partial charge in [0.15, 0.2) is 0 Å². The first-order chi connectivity index (χ1) is 6.60. The Labute approximate surface area is 88.7 Å².